The van der Waals surface area contributed by atoms with Gasteiger partial charge in [-0.1, -0.05) is 0 Å². The first-order valence-corrected chi connectivity index (χ1v) is 3.48. The second-order valence-corrected chi connectivity index (χ2v) is 2.34. The van der Waals surface area contributed by atoms with Gasteiger partial charge in [-0.05, 0) is 12.1 Å². The quantitative estimate of drug-likeness (QED) is 0.714. The van der Waals surface area contributed by atoms with Gasteiger partial charge in [0.25, 0.3) is 0 Å². The molecule has 1 heterocycles. The van der Waals surface area contributed by atoms with E-state index in [4.69, 9.17) is 11.0 Å². The van der Waals surface area contributed by atoms with Gasteiger partial charge in [-0.3, -0.25) is 4.98 Å². The van der Waals surface area contributed by atoms with Gasteiger partial charge < -0.3 is 5.73 Å². The van der Waals surface area contributed by atoms with Crippen molar-refractivity contribution in [2.45, 2.75) is 12.5 Å². The highest BCUT2D eigenvalue weighted by molar-refractivity contribution is 5.12. The average Bonchev–Trinajstić information content (AvgIpc) is 2.05. The van der Waals surface area contributed by atoms with Crippen LogP contribution in [0, 0.1) is 17.1 Å². The van der Waals surface area contributed by atoms with E-state index in [1.807, 2.05) is 6.07 Å². The number of nitrogens with two attached hydrogens (primary N) is 1. The Bertz CT molecular complexity index is 305. The second-order valence-electron chi connectivity index (χ2n) is 2.34. The molecule has 0 aliphatic heterocycles. The van der Waals surface area contributed by atoms with Crippen LogP contribution in [0.3, 0.4) is 0 Å². The third kappa shape index (κ3) is 1.77. The van der Waals surface area contributed by atoms with E-state index in [-0.39, 0.29) is 12.1 Å². The van der Waals surface area contributed by atoms with Gasteiger partial charge in [0.2, 0.25) is 0 Å². The summed E-state index contributed by atoms with van der Waals surface area (Å²) in [6.07, 6.45) is 1.53. The van der Waals surface area contributed by atoms with Crippen molar-refractivity contribution < 1.29 is 4.39 Å². The van der Waals surface area contributed by atoms with Gasteiger partial charge >= 0.3 is 0 Å². The van der Waals surface area contributed by atoms with Crippen molar-refractivity contribution in [2.24, 2.45) is 5.73 Å². The summed E-state index contributed by atoms with van der Waals surface area (Å²) in [5.41, 5.74) is 5.63. The fourth-order valence-electron chi connectivity index (χ4n) is 0.866. The summed E-state index contributed by atoms with van der Waals surface area (Å²) in [5, 5.41) is 8.31. The first kappa shape index (κ1) is 8.62. The molecule has 1 atom stereocenters. The molecule has 0 saturated carbocycles. The van der Waals surface area contributed by atoms with E-state index in [9.17, 15) is 4.39 Å². The molecule has 4 heteroatoms. The zero-order chi connectivity index (χ0) is 8.97. The van der Waals surface area contributed by atoms with Crippen LogP contribution in [0.2, 0.25) is 0 Å². The maximum absolute atomic E-state index is 12.9. The van der Waals surface area contributed by atoms with Crippen molar-refractivity contribution in [3.8, 4) is 6.07 Å². The lowest BCUT2D eigenvalue weighted by atomic mass is 10.1. The summed E-state index contributed by atoms with van der Waals surface area (Å²) in [4.78, 5) is 3.75. The number of rotatable bonds is 2. The van der Waals surface area contributed by atoms with E-state index in [1.165, 1.54) is 18.3 Å². The number of halogens is 1. The molecule has 0 spiro atoms. The highest BCUT2D eigenvalue weighted by Crippen LogP contribution is 2.13. The molecule has 0 saturated heterocycles. The molecule has 12 heavy (non-hydrogen) atoms. The smallest absolute Gasteiger partial charge is 0.146 e. The lowest BCUT2D eigenvalue weighted by molar-refractivity contribution is 0.569. The molecule has 1 rings (SSSR count). The summed E-state index contributed by atoms with van der Waals surface area (Å²) < 4.78 is 12.9. The summed E-state index contributed by atoms with van der Waals surface area (Å²) in [6.45, 7) is 0. The van der Waals surface area contributed by atoms with Gasteiger partial charge in [0, 0.05) is 6.20 Å². The fraction of sp³-hybridized carbons (Fsp3) is 0.250. The van der Waals surface area contributed by atoms with Crippen molar-refractivity contribution in [1.29, 1.82) is 5.26 Å². The minimum atomic E-state index is -0.629. The molecule has 0 aliphatic carbocycles. The molecule has 0 aromatic carbocycles. The van der Waals surface area contributed by atoms with Gasteiger partial charge in [0.05, 0.1) is 24.2 Å². The summed E-state index contributed by atoms with van der Waals surface area (Å²) in [7, 11) is 0. The standard InChI is InChI=1S/C8H8FN3/c9-6-2-1-5-12-8(6)7(11)3-4-10/h1-2,5,7H,3,11H2/t7-/m1/s1. The van der Waals surface area contributed by atoms with Crippen LogP contribution in [0.5, 0.6) is 0 Å². The van der Waals surface area contributed by atoms with Crippen molar-refractivity contribution in [3.63, 3.8) is 0 Å². The van der Waals surface area contributed by atoms with Gasteiger partial charge in [-0.15, -0.1) is 0 Å². The molecular formula is C8H8FN3. The molecule has 0 bridgehead atoms. The van der Waals surface area contributed by atoms with Crippen molar-refractivity contribution in [1.82, 2.24) is 4.98 Å². The Morgan fingerprint density at radius 1 is 1.75 bits per heavy atom. The minimum absolute atomic E-state index is 0.0773. The third-order valence-electron chi connectivity index (χ3n) is 1.45. The Hall–Kier alpha value is -1.47. The fourth-order valence-corrected chi connectivity index (χ4v) is 0.866. The van der Waals surface area contributed by atoms with Crippen LogP contribution in [0.15, 0.2) is 18.3 Å². The first-order chi connectivity index (χ1) is 5.75. The van der Waals surface area contributed by atoms with Crippen LogP contribution in [-0.4, -0.2) is 4.98 Å². The summed E-state index contributed by atoms with van der Waals surface area (Å²) >= 11 is 0. The molecule has 3 nitrogen and oxygen atoms in total. The van der Waals surface area contributed by atoms with E-state index < -0.39 is 11.9 Å². The topological polar surface area (TPSA) is 62.7 Å². The molecule has 62 valence electrons. The van der Waals surface area contributed by atoms with Crippen LogP contribution >= 0.6 is 0 Å². The molecule has 0 fully saturated rings. The third-order valence-corrected chi connectivity index (χ3v) is 1.45. The van der Waals surface area contributed by atoms with Gasteiger partial charge in [0.15, 0.2) is 0 Å². The maximum Gasteiger partial charge on any atom is 0.146 e. The van der Waals surface area contributed by atoms with E-state index in [0.717, 1.165) is 0 Å². The van der Waals surface area contributed by atoms with E-state index in [2.05, 4.69) is 4.98 Å². The number of hydrogen-bond donors (Lipinski definition) is 1. The Kier molecular flexibility index (Phi) is 2.72. The van der Waals surface area contributed by atoms with Gasteiger partial charge in [-0.25, -0.2) is 4.39 Å². The Labute approximate surface area is 69.6 Å². The molecule has 1 aromatic rings. The molecule has 2 N–H and O–H groups in total. The van der Waals surface area contributed by atoms with Crippen LogP contribution in [0.1, 0.15) is 18.2 Å². The van der Waals surface area contributed by atoms with E-state index >= 15 is 0 Å². The Morgan fingerprint density at radius 2 is 2.50 bits per heavy atom. The lowest BCUT2D eigenvalue weighted by Gasteiger charge is -2.06. The van der Waals surface area contributed by atoms with Crippen LogP contribution in [0.4, 0.5) is 4.39 Å². The molecule has 1 aromatic heterocycles. The summed E-state index contributed by atoms with van der Waals surface area (Å²) in [6, 6.07) is 3.99. The van der Waals surface area contributed by atoms with Gasteiger partial charge in [-0.2, -0.15) is 5.26 Å². The number of nitrogens with zero attached hydrogens (tertiary/aromatic N) is 2. The lowest BCUT2D eigenvalue weighted by Crippen LogP contribution is -2.12. The van der Waals surface area contributed by atoms with Crippen molar-refractivity contribution in [2.75, 3.05) is 0 Å². The average molecular weight is 165 g/mol. The number of hydrogen-bond acceptors (Lipinski definition) is 3. The number of aromatic nitrogens is 1. The molecule has 0 radical (unpaired) electrons. The highest BCUT2D eigenvalue weighted by atomic mass is 19.1. The zero-order valence-electron chi connectivity index (χ0n) is 6.37. The monoisotopic (exact) mass is 165 g/mol. The van der Waals surface area contributed by atoms with Gasteiger partial charge in [0.1, 0.15) is 5.82 Å². The maximum atomic E-state index is 12.9. The Balaban J connectivity index is 2.88. The predicted octanol–water partition coefficient (Wildman–Crippen LogP) is 1.13. The molecular weight excluding hydrogens is 157 g/mol. The molecule has 0 unspecified atom stereocenters. The van der Waals surface area contributed by atoms with Crippen LogP contribution in [-0.2, 0) is 0 Å². The summed E-state index contributed by atoms with van der Waals surface area (Å²) in [5.74, 6) is -0.458. The normalized spacial score (nSPS) is 12.1. The molecule has 0 aliphatic rings. The number of nitriles is 1. The SMILES string of the molecule is N#CC[C@@H](N)c1ncccc1F. The molecule has 0 amide bonds. The van der Waals surface area contributed by atoms with E-state index in [0.29, 0.717) is 0 Å². The Morgan fingerprint density at radius 3 is 3.08 bits per heavy atom. The highest BCUT2D eigenvalue weighted by Gasteiger charge is 2.10. The minimum Gasteiger partial charge on any atom is -0.322 e. The first-order valence-electron chi connectivity index (χ1n) is 3.48. The van der Waals surface area contributed by atoms with Crippen LogP contribution in [0.25, 0.3) is 0 Å². The largest absolute Gasteiger partial charge is 0.322 e. The number of pyridine rings is 1. The van der Waals surface area contributed by atoms with Crippen molar-refractivity contribution >= 4 is 0 Å². The van der Waals surface area contributed by atoms with Crippen LogP contribution < -0.4 is 5.73 Å². The zero-order valence-corrected chi connectivity index (χ0v) is 6.37. The van der Waals surface area contributed by atoms with E-state index in [1.54, 1.807) is 0 Å². The predicted molar refractivity (Wildman–Crippen MR) is 41.4 cm³/mol. The second kappa shape index (κ2) is 3.79. The van der Waals surface area contributed by atoms with Crippen molar-refractivity contribution in [3.05, 3.63) is 29.8 Å².